The Bertz CT molecular complexity index is 839. The molecule has 1 amide bonds. The topological polar surface area (TPSA) is 100 Å². The number of aliphatic imine (C=N–C) groups is 1. The zero-order valence-corrected chi connectivity index (χ0v) is 21.5. The van der Waals surface area contributed by atoms with Crippen molar-refractivity contribution in [2.45, 2.75) is 19.5 Å². The van der Waals surface area contributed by atoms with Crippen LogP contribution >= 0.6 is 24.0 Å². The molecular formula is C23H34IN5O4. The SMILES string of the molecule is CCNC(=NCC(=O)NCc1ccco1)NCC(c1ccc(OC)cc1)N1CCOCC1.I. The average Bonchev–Trinajstić information content (AvgIpc) is 3.36. The number of guanidine groups is 1. The summed E-state index contributed by atoms with van der Waals surface area (Å²) in [5.74, 6) is 1.98. The Morgan fingerprint density at radius 2 is 1.91 bits per heavy atom. The summed E-state index contributed by atoms with van der Waals surface area (Å²) in [6.07, 6.45) is 1.58. The smallest absolute Gasteiger partial charge is 0.242 e. The van der Waals surface area contributed by atoms with Crippen molar-refractivity contribution < 1.29 is 18.7 Å². The van der Waals surface area contributed by atoms with Crippen LogP contribution in [0, 0.1) is 0 Å². The molecule has 10 heteroatoms. The number of amides is 1. The van der Waals surface area contributed by atoms with Crippen molar-refractivity contribution in [3.8, 4) is 5.75 Å². The third kappa shape index (κ3) is 8.86. The van der Waals surface area contributed by atoms with E-state index < -0.39 is 0 Å². The molecule has 1 aliphatic rings. The molecule has 0 spiro atoms. The molecule has 3 rings (SSSR count). The molecule has 33 heavy (non-hydrogen) atoms. The van der Waals surface area contributed by atoms with Crippen molar-refractivity contribution in [2.24, 2.45) is 4.99 Å². The van der Waals surface area contributed by atoms with Crippen LogP contribution in [0.2, 0.25) is 0 Å². The molecule has 1 saturated heterocycles. The number of nitrogens with zero attached hydrogens (tertiary/aromatic N) is 2. The maximum atomic E-state index is 12.2. The first-order valence-electron chi connectivity index (χ1n) is 11.0. The van der Waals surface area contributed by atoms with E-state index in [1.54, 1.807) is 19.4 Å². The van der Waals surface area contributed by atoms with Gasteiger partial charge in [0.2, 0.25) is 5.91 Å². The highest BCUT2D eigenvalue weighted by molar-refractivity contribution is 14.0. The molecule has 0 saturated carbocycles. The lowest BCUT2D eigenvalue weighted by Gasteiger charge is -2.35. The minimum absolute atomic E-state index is 0. The van der Waals surface area contributed by atoms with Crippen molar-refractivity contribution in [1.29, 1.82) is 0 Å². The lowest BCUT2D eigenvalue weighted by atomic mass is 10.0. The summed E-state index contributed by atoms with van der Waals surface area (Å²) in [4.78, 5) is 19.0. The van der Waals surface area contributed by atoms with Gasteiger partial charge in [0, 0.05) is 26.2 Å². The maximum Gasteiger partial charge on any atom is 0.242 e. The molecular weight excluding hydrogens is 537 g/mol. The Morgan fingerprint density at radius 1 is 1.15 bits per heavy atom. The first kappa shape index (κ1) is 26.9. The van der Waals surface area contributed by atoms with Gasteiger partial charge >= 0.3 is 0 Å². The minimum Gasteiger partial charge on any atom is -0.497 e. The number of hydrogen-bond donors (Lipinski definition) is 3. The number of benzene rings is 1. The van der Waals surface area contributed by atoms with Gasteiger partial charge in [0.25, 0.3) is 0 Å². The summed E-state index contributed by atoms with van der Waals surface area (Å²) in [7, 11) is 1.67. The molecule has 9 nitrogen and oxygen atoms in total. The summed E-state index contributed by atoms with van der Waals surface area (Å²) in [6, 6.07) is 11.9. The molecule has 1 unspecified atom stereocenters. The van der Waals surface area contributed by atoms with Crippen molar-refractivity contribution in [3.05, 3.63) is 54.0 Å². The highest BCUT2D eigenvalue weighted by Crippen LogP contribution is 2.23. The third-order valence-corrected chi connectivity index (χ3v) is 5.21. The van der Waals surface area contributed by atoms with E-state index in [0.717, 1.165) is 32.1 Å². The van der Waals surface area contributed by atoms with E-state index >= 15 is 0 Å². The number of morpholine rings is 1. The number of methoxy groups -OCH3 is 1. The molecule has 1 fully saturated rings. The van der Waals surface area contributed by atoms with Gasteiger partial charge in [-0.1, -0.05) is 12.1 Å². The Kier molecular flexibility index (Phi) is 12.0. The number of carbonyl (C=O) groups is 1. The molecule has 3 N–H and O–H groups in total. The molecule has 1 aromatic carbocycles. The summed E-state index contributed by atoms with van der Waals surface area (Å²) >= 11 is 0. The summed E-state index contributed by atoms with van der Waals surface area (Å²) in [5.41, 5.74) is 1.19. The zero-order valence-electron chi connectivity index (χ0n) is 19.2. The predicted molar refractivity (Wildman–Crippen MR) is 138 cm³/mol. The van der Waals surface area contributed by atoms with Gasteiger partial charge in [-0.2, -0.15) is 0 Å². The fourth-order valence-corrected chi connectivity index (χ4v) is 3.51. The van der Waals surface area contributed by atoms with Crippen LogP contribution in [-0.2, 0) is 16.1 Å². The van der Waals surface area contributed by atoms with E-state index in [0.29, 0.717) is 31.4 Å². The molecule has 0 bridgehead atoms. The number of nitrogens with one attached hydrogen (secondary N) is 3. The molecule has 0 radical (unpaired) electrons. The summed E-state index contributed by atoms with van der Waals surface area (Å²) in [6.45, 7) is 6.88. The molecule has 1 aromatic heterocycles. The van der Waals surface area contributed by atoms with Crippen LogP contribution in [0.4, 0.5) is 0 Å². The Balaban J connectivity index is 0.00000385. The third-order valence-electron chi connectivity index (χ3n) is 5.21. The van der Waals surface area contributed by atoms with Crippen LogP contribution < -0.4 is 20.7 Å². The largest absolute Gasteiger partial charge is 0.497 e. The van der Waals surface area contributed by atoms with Crippen LogP contribution in [-0.4, -0.2) is 69.8 Å². The molecule has 1 aliphatic heterocycles. The van der Waals surface area contributed by atoms with Gasteiger partial charge in [-0.15, -0.1) is 24.0 Å². The van der Waals surface area contributed by atoms with Crippen molar-refractivity contribution in [2.75, 3.05) is 53.0 Å². The second kappa shape index (κ2) is 14.8. The minimum atomic E-state index is -0.168. The Morgan fingerprint density at radius 3 is 2.55 bits per heavy atom. The van der Waals surface area contributed by atoms with Gasteiger partial charge in [0.05, 0.1) is 39.2 Å². The van der Waals surface area contributed by atoms with E-state index in [1.807, 2.05) is 25.1 Å². The second-order valence-corrected chi connectivity index (χ2v) is 7.37. The Hall–Kier alpha value is -2.31. The van der Waals surface area contributed by atoms with Crippen LogP contribution in [0.5, 0.6) is 5.75 Å². The molecule has 2 heterocycles. The van der Waals surface area contributed by atoms with Crippen molar-refractivity contribution in [3.63, 3.8) is 0 Å². The molecule has 0 aliphatic carbocycles. The lowest BCUT2D eigenvalue weighted by molar-refractivity contribution is -0.119. The van der Waals surface area contributed by atoms with Crippen molar-refractivity contribution in [1.82, 2.24) is 20.9 Å². The van der Waals surface area contributed by atoms with E-state index in [1.165, 1.54) is 5.56 Å². The zero-order chi connectivity index (χ0) is 22.6. The lowest BCUT2D eigenvalue weighted by Crippen LogP contribution is -2.46. The standard InChI is InChI=1S/C23H33N5O4.HI/c1-3-24-23(27-17-22(29)25-15-20-5-4-12-32-20)26-16-21(28-10-13-31-14-11-28)18-6-8-19(30-2)9-7-18;/h4-9,12,21H,3,10-11,13-17H2,1-2H3,(H,25,29)(H2,24,26,27);1H. The highest BCUT2D eigenvalue weighted by atomic mass is 127. The van der Waals surface area contributed by atoms with Gasteiger partial charge in [-0.05, 0) is 36.8 Å². The van der Waals surface area contributed by atoms with Gasteiger partial charge in [0.1, 0.15) is 18.1 Å². The van der Waals surface area contributed by atoms with E-state index in [9.17, 15) is 4.79 Å². The number of carbonyl (C=O) groups excluding carboxylic acids is 1. The van der Waals surface area contributed by atoms with Crippen LogP contribution in [0.25, 0.3) is 0 Å². The van der Waals surface area contributed by atoms with E-state index in [4.69, 9.17) is 13.9 Å². The van der Waals surface area contributed by atoms with Crippen molar-refractivity contribution >= 4 is 35.8 Å². The first-order chi connectivity index (χ1) is 15.7. The van der Waals surface area contributed by atoms with Crippen LogP contribution in [0.1, 0.15) is 24.3 Å². The van der Waals surface area contributed by atoms with Gasteiger partial charge < -0.3 is 29.8 Å². The molecule has 1 atom stereocenters. The monoisotopic (exact) mass is 571 g/mol. The fraction of sp³-hybridized carbons (Fsp3) is 0.478. The number of hydrogen-bond acceptors (Lipinski definition) is 6. The molecule has 2 aromatic rings. The van der Waals surface area contributed by atoms with E-state index in [2.05, 4.69) is 38.0 Å². The normalized spacial score (nSPS) is 15.3. The number of rotatable bonds is 10. The van der Waals surface area contributed by atoms with Gasteiger partial charge in [-0.3, -0.25) is 9.69 Å². The van der Waals surface area contributed by atoms with Gasteiger partial charge in [-0.25, -0.2) is 4.99 Å². The van der Waals surface area contributed by atoms with Crippen LogP contribution in [0.15, 0.2) is 52.1 Å². The van der Waals surface area contributed by atoms with Gasteiger partial charge in [0.15, 0.2) is 5.96 Å². The maximum absolute atomic E-state index is 12.2. The van der Waals surface area contributed by atoms with Crippen LogP contribution in [0.3, 0.4) is 0 Å². The molecule has 182 valence electrons. The average molecular weight is 571 g/mol. The number of ether oxygens (including phenoxy) is 2. The fourth-order valence-electron chi connectivity index (χ4n) is 3.51. The number of furan rings is 1. The Labute approximate surface area is 212 Å². The summed E-state index contributed by atoms with van der Waals surface area (Å²) in [5, 5.41) is 9.42. The predicted octanol–water partition coefficient (Wildman–Crippen LogP) is 2.15. The second-order valence-electron chi connectivity index (χ2n) is 7.37. The number of halogens is 1. The highest BCUT2D eigenvalue weighted by Gasteiger charge is 2.23. The quantitative estimate of drug-likeness (QED) is 0.228. The van der Waals surface area contributed by atoms with E-state index in [-0.39, 0.29) is 42.5 Å². The first-order valence-corrected chi connectivity index (χ1v) is 11.0. The summed E-state index contributed by atoms with van der Waals surface area (Å²) < 4.78 is 16.1.